The van der Waals surface area contributed by atoms with Crippen molar-refractivity contribution in [1.29, 1.82) is 0 Å². The molecule has 0 spiro atoms. The van der Waals surface area contributed by atoms with Gasteiger partial charge in [-0.3, -0.25) is 4.98 Å². The van der Waals surface area contributed by atoms with Crippen molar-refractivity contribution < 1.29 is 4.74 Å². The third kappa shape index (κ3) is 3.45. The summed E-state index contributed by atoms with van der Waals surface area (Å²) < 4.78 is 5.63. The van der Waals surface area contributed by atoms with E-state index in [0.717, 1.165) is 23.7 Å². The Morgan fingerprint density at radius 3 is 2.78 bits per heavy atom. The fraction of sp³-hybridized carbons (Fsp3) is 0.286. The monoisotopic (exact) mass is 243 g/mol. The van der Waals surface area contributed by atoms with E-state index < -0.39 is 0 Å². The van der Waals surface area contributed by atoms with E-state index in [1.807, 2.05) is 30.3 Å². The smallest absolute Gasteiger partial charge is 0.169 e. The van der Waals surface area contributed by atoms with E-state index in [4.69, 9.17) is 4.74 Å². The highest BCUT2D eigenvalue weighted by Crippen LogP contribution is 2.21. The van der Waals surface area contributed by atoms with Gasteiger partial charge in [-0.2, -0.15) is 0 Å². The lowest BCUT2D eigenvalue weighted by Gasteiger charge is -2.11. The molecule has 0 unspecified atom stereocenters. The van der Waals surface area contributed by atoms with Crippen LogP contribution in [0.2, 0.25) is 0 Å². The zero-order valence-electron chi connectivity index (χ0n) is 10.5. The SMILES string of the molecule is CCCOc1cccnc1NCc1ccccn1. The zero-order chi connectivity index (χ0) is 12.6. The molecule has 0 aromatic carbocycles. The fourth-order valence-corrected chi connectivity index (χ4v) is 1.53. The molecule has 2 aromatic heterocycles. The molecule has 4 heteroatoms. The molecule has 0 saturated heterocycles. The number of pyridine rings is 2. The molecule has 0 bridgehead atoms. The molecule has 2 aromatic rings. The number of nitrogens with zero attached hydrogens (tertiary/aromatic N) is 2. The van der Waals surface area contributed by atoms with E-state index >= 15 is 0 Å². The maximum Gasteiger partial charge on any atom is 0.169 e. The van der Waals surface area contributed by atoms with Crippen molar-refractivity contribution >= 4 is 5.82 Å². The molecule has 1 N–H and O–H groups in total. The van der Waals surface area contributed by atoms with Gasteiger partial charge in [0, 0.05) is 12.4 Å². The quantitative estimate of drug-likeness (QED) is 0.847. The summed E-state index contributed by atoms with van der Waals surface area (Å²) in [5, 5.41) is 3.24. The lowest BCUT2D eigenvalue weighted by atomic mass is 10.3. The summed E-state index contributed by atoms with van der Waals surface area (Å²) >= 11 is 0. The fourth-order valence-electron chi connectivity index (χ4n) is 1.53. The van der Waals surface area contributed by atoms with E-state index in [1.54, 1.807) is 12.4 Å². The van der Waals surface area contributed by atoms with Crippen LogP contribution in [0.15, 0.2) is 42.7 Å². The average molecular weight is 243 g/mol. The molecule has 2 rings (SSSR count). The Kier molecular flexibility index (Phi) is 4.53. The molecule has 0 amide bonds. The Morgan fingerprint density at radius 1 is 1.11 bits per heavy atom. The van der Waals surface area contributed by atoms with Crippen molar-refractivity contribution in [2.75, 3.05) is 11.9 Å². The maximum atomic E-state index is 5.63. The zero-order valence-corrected chi connectivity index (χ0v) is 10.5. The minimum atomic E-state index is 0.639. The number of ether oxygens (including phenoxy) is 1. The number of hydrogen-bond acceptors (Lipinski definition) is 4. The number of nitrogens with one attached hydrogen (secondary N) is 1. The van der Waals surface area contributed by atoms with Gasteiger partial charge >= 0.3 is 0 Å². The molecule has 0 atom stereocenters. The maximum absolute atomic E-state index is 5.63. The Hall–Kier alpha value is -2.10. The third-order valence-corrected chi connectivity index (χ3v) is 2.40. The van der Waals surface area contributed by atoms with Gasteiger partial charge in [0.05, 0.1) is 18.8 Å². The first-order valence-corrected chi connectivity index (χ1v) is 6.11. The molecule has 18 heavy (non-hydrogen) atoms. The van der Waals surface area contributed by atoms with Gasteiger partial charge < -0.3 is 10.1 Å². The number of rotatable bonds is 6. The van der Waals surface area contributed by atoms with Gasteiger partial charge in [-0.1, -0.05) is 13.0 Å². The van der Waals surface area contributed by atoms with Gasteiger partial charge in [-0.25, -0.2) is 4.98 Å². The van der Waals surface area contributed by atoms with Crippen molar-refractivity contribution in [3.05, 3.63) is 48.4 Å². The normalized spacial score (nSPS) is 10.1. The minimum Gasteiger partial charge on any atom is -0.490 e. The Morgan fingerprint density at radius 2 is 2.00 bits per heavy atom. The van der Waals surface area contributed by atoms with Crippen molar-refractivity contribution in [3.8, 4) is 5.75 Å². The van der Waals surface area contributed by atoms with Crippen LogP contribution in [0.3, 0.4) is 0 Å². The predicted molar refractivity (Wildman–Crippen MR) is 71.6 cm³/mol. The van der Waals surface area contributed by atoms with Crippen LogP contribution in [0.4, 0.5) is 5.82 Å². The second kappa shape index (κ2) is 6.59. The van der Waals surface area contributed by atoms with E-state index in [2.05, 4.69) is 22.2 Å². The Bertz CT molecular complexity index is 473. The number of anilines is 1. The summed E-state index contributed by atoms with van der Waals surface area (Å²) in [5.74, 6) is 1.55. The molecule has 0 saturated carbocycles. The molecule has 0 aliphatic carbocycles. The Balaban J connectivity index is 2.00. The summed E-state index contributed by atoms with van der Waals surface area (Å²) in [6.45, 7) is 3.42. The lowest BCUT2D eigenvalue weighted by molar-refractivity contribution is 0.318. The van der Waals surface area contributed by atoms with E-state index in [1.165, 1.54) is 0 Å². The number of hydrogen-bond donors (Lipinski definition) is 1. The van der Waals surface area contributed by atoms with Crippen LogP contribution in [-0.4, -0.2) is 16.6 Å². The van der Waals surface area contributed by atoms with Crippen LogP contribution in [0.1, 0.15) is 19.0 Å². The predicted octanol–water partition coefficient (Wildman–Crippen LogP) is 2.88. The first-order chi connectivity index (χ1) is 8.90. The van der Waals surface area contributed by atoms with E-state index in [0.29, 0.717) is 13.2 Å². The van der Waals surface area contributed by atoms with Gasteiger partial charge in [0.1, 0.15) is 0 Å². The minimum absolute atomic E-state index is 0.639. The number of aromatic nitrogens is 2. The second-order valence-corrected chi connectivity index (χ2v) is 3.87. The van der Waals surface area contributed by atoms with Crippen LogP contribution in [0.25, 0.3) is 0 Å². The van der Waals surface area contributed by atoms with E-state index in [9.17, 15) is 0 Å². The summed E-state index contributed by atoms with van der Waals surface area (Å²) in [6, 6.07) is 9.64. The van der Waals surface area contributed by atoms with Crippen LogP contribution in [0.5, 0.6) is 5.75 Å². The molecular weight excluding hydrogens is 226 g/mol. The summed E-state index contributed by atoms with van der Waals surface area (Å²) in [4.78, 5) is 8.54. The van der Waals surface area contributed by atoms with Gasteiger partial charge in [0.25, 0.3) is 0 Å². The molecule has 2 heterocycles. The molecule has 94 valence electrons. The highest BCUT2D eigenvalue weighted by atomic mass is 16.5. The lowest BCUT2D eigenvalue weighted by Crippen LogP contribution is -2.06. The van der Waals surface area contributed by atoms with Gasteiger partial charge in [0.2, 0.25) is 0 Å². The van der Waals surface area contributed by atoms with Crippen molar-refractivity contribution in [2.24, 2.45) is 0 Å². The Labute approximate surface area is 107 Å². The standard InChI is InChI=1S/C14H17N3O/c1-2-10-18-13-7-5-9-16-14(13)17-11-12-6-3-4-8-15-12/h3-9H,2,10-11H2,1H3,(H,16,17). The van der Waals surface area contributed by atoms with Crippen molar-refractivity contribution in [2.45, 2.75) is 19.9 Å². The third-order valence-electron chi connectivity index (χ3n) is 2.40. The van der Waals surface area contributed by atoms with Gasteiger partial charge in [-0.15, -0.1) is 0 Å². The van der Waals surface area contributed by atoms with Crippen LogP contribution in [0, 0.1) is 0 Å². The van der Waals surface area contributed by atoms with Gasteiger partial charge in [-0.05, 0) is 30.7 Å². The first-order valence-electron chi connectivity index (χ1n) is 6.11. The van der Waals surface area contributed by atoms with Crippen LogP contribution in [-0.2, 0) is 6.54 Å². The van der Waals surface area contributed by atoms with Crippen LogP contribution < -0.4 is 10.1 Å². The van der Waals surface area contributed by atoms with E-state index in [-0.39, 0.29) is 0 Å². The summed E-state index contributed by atoms with van der Waals surface area (Å²) in [5.41, 5.74) is 0.976. The second-order valence-electron chi connectivity index (χ2n) is 3.87. The summed E-state index contributed by atoms with van der Waals surface area (Å²) in [6.07, 6.45) is 4.51. The molecule has 4 nitrogen and oxygen atoms in total. The highest BCUT2D eigenvalue weighted by Gasteiger charge is 2.03. The van der Waals surface area contributed by atoms with Gasteiger partial charge in [0.15, 0.2) is 11.6 Å². The molecule has 0 radical (unpaired) electrons. The highest BCUT2D eigenvalue weighted by molar-refractivity contribution is 5.49. The first kappa shape index (κ1) is 12.4. The summed E-state index contributed by atoms with van der Waals surface area (Å²) in [7, 11) is 0. The molecule has 0 aliphatic heterocycles. The topological polar surface area (TPSA) is 47.0 Å². The van der Waals surface area contributed by atoms with Crippen molar-refractivity contribution in [1.82, 2.24) is 9.97 Å². The molecule has 0 aliphatic rings. The molecule has 0 fully saturated rings. The van der Waals surface area contributed by atoms with Crippen molar-refractivity contribution in [3.63, 3.8) is 0 Å². The largest absolute Gasteiger partial charge is 0.490 e. The average Bonchev–Trinajstić information content (AvgIpc) is 2.45. The van der Waals surface area contributed by atoms with Crippen LogP contribution >= 0.6 is 0 Å². The molecular formula is C14H17N3O.